The minimum absolute atomic E-state index is 0.112. The van der Waals surface area contributed by atoms with E-state index in [-0.39, 0.29) is 12.4 Å². The van der Waals surface area contributed by atoms with Gasteiger partial charge in [0.25, 0.3) is 5.91 Å². The van der Waals surface area contributed by atoms with Crippen molar-refractivity contribution >= 4 is 46.3 Å². The molecule has 0 fully saturated rings. The van der Waals surface area contributed by atoms with Crippen LogP contribution in [0.2, 0.25) is 5.02 Å². The van der Waals surface area contributed by atoms with Crippen molar-refractivity contribution in [3.05, 3.63) is 74.7 Å². The molecule has 3 aromatic rings. The number of rotatable bonds is 8. The highest BCUT2D eigenvalue weighted by Crippen LogP contribution is 2.22. The number of benzene rings is 2. The lowest BCUT2D eigenvalue weighted by Gasteiger charge is -2.07. The molecule has 0 saturated heterocycles. The molecule has 0 aliphatic rings. The molecule has 0 bridgehead atoms. The van der Waals surface area contributed by atoms with Crippen molar-refractivity contribution < 1.29 is 23.9 Å². The zero-order valence-corrected chi connectivity index (χ0v) is 18.4. The van der Waals surface area contributed by atoms with E-state index in [4.69, 9.17) is 21.1 Å². The van der Waals surface area contributed by atoms with Crippen LogP contribution in [-0.2, 0) is 16.1 Å². The van der Waals surface area contributed by atoms with Gasteiger partial charge in [-0.05, 0) is 50.2 Å². The van der Waals surface area contributed by atoms with E-state index in [2.05, 4.69) is 10.3 Å². The van der Waals surface area contributed by atoms with Gasteiger partial charge in [0, 0.05) is 16.3 Å². The van der Waals surface area contributed by atoms with Crippen LogP contribution in [0.4, 0.5) is 5.69 Å². The largest absolute Gasteiger partial charge is 0.486 e. The molecule has 160 valence electrons. The summed E-state index contributed by atoms with van der Waals surface area (Å²) in [4.78, 5) is 40.5. The van der Waals surface area contributed by atoms with Crippen LogP contribution in [0.3, 0.4) is 0 Å². The van der Waals surface area contributed by atoms with E-state index in [0.717, 1.165) is 11.3 Å². The lowest BCUT2D eigenvalue weighted by atomic mass is 10.1. The summed E-state index contributed by atoms with van der Waals surface area (Å²) in [6, 6.07) is 13.4. The Morgan fingerprint density at radius 2 is 1.87 bits per heavy atom. The van der Waals surface area contributed by atoms with Crippen molar-refractivity contribution in [2.45, 2.75) is 20.5 Å². The van der Waals surface area contributed by atoms with Crippen molar-refractivity contribution in [1.82, 2.24) is 4.98 Å². The molecule has 31 heavy (non-hydrogen) atoms. The molecule has 2 aromatic carbocycles. The van der Waals surface area contributed by atoms with Gasteiger partial charge in [-0.25, -0.2) is 9.78 Å². The fourth-order valence-electron chi connectivity index (χ4n) is 2.59. The molecule has 0 saturated carbocycles. The number of carbonyl (C=O) groups is 3. The third kappa shape index (κ3) is 6.37. The van der Waals surface area contributed by atoms with Gasteiger partial charge in [-0.2, -0.15) is 0 Å². The van der Waals surface area contributed by atoms with Crippen LogP contribution in [0.1, 0.15) is 37.7 Å². The van der Waals surface area contributed by atoms with Gasteiger partial charge < -0.3 is 14.8 Å². The molecule has 1 aromatic heterocycles. The number of hydrogen-bond acceptors (Lipinski definition) is 7. The molecular formula is C22H19ClN2O5S. The van der Waals surface area contributed by atoms with Crippen LogP contribution in [0.5, 0.6) is 5.75 Å². The second-order valence-electron chi connectivity index (χ2n) is 6.53. The monoisotopic (exact) mass is 458 g/mol. The number of nitrogens with one attached hydrogen (secondary N) is 1. The molecule has 7 nitrogen and oxygen atoms in total. The van der Waals surface area contributed by atoms with E-state index in [1.54, 1.807) is 55.5 Å². The van der Waals surface area contributed by atoms with E-state index in [0.29, 0.717) is 37.6 Å². The van der Waals surface area contributed by atoms with Gasteiger partial charge >= 0.3 is 5.97 Å². The molecule has 0 unspecified atom stereocenters. The van der Waals surface area contributed by atoms with Crippen LogP contribution in [-0.4, -0.2) is 29.3 Å². The van der Waals surface area contributed by atoms with Crippen LogP contribution >= 0.6 is 22.9 Å². The Morgan fingerprint density at radius 3 is 2.58 bits per heavy atom. The predicted octanol–water partition coefficient (Wildman–Crippen LogP) is 4.68. The number of halogens is 1. The predicted molar refractivity (Wildman–Crippen MR) is 118 cm³/mol. The Hall–Kier alpha value is -3.23. The highest BCUT2D eigenvalue weighted by Gasteiger charge is 2.18. The van der Waals surface area contributed by atoms with E-state index in [9.17, 15) is 14.4 Å². The third-order valence-corrected chi connectivity index (χ3v) is 5.45. The number of Topliss-reactive ketones (excluding diaryl/α,β-unsaturated/α-hetero) is 1. The first kappa shape index (κ1) is 22.5. The van der Waals surface area contributed by atoms with E-state index < -0.39 is 18.5 Å². The molecule has 1 N–H and O–H groups in total. The smallest absolute Gasteiger partial charge is 0.350 e. The quantitative estimate of drug-likeness (QED) is 0.389. The number of nitrogens with zero attached hydrogens (tertiary/aromatic N) is 1. The zero-order valence-electron chi connectivity index (χ0n) is 16.8. The van der Waals surface area contributed by atoms with Gasteiger partial charge in [0.1, 0.15) is 22.2 Å². The Labute approximate surface area is 188 Å². The van der Waals surface area contributed by atoms with Gasteiger partial charge in [-0.15, -0.1) is 11.3 Å². The van der Waals surface area contributed by atoms with Crippen molar-refractivity contribution in [2.24, 2.45) is 0 Å². The first-order chi connectivity index (χ1) is 14.8. The number of aryl methyl sites for hydroxylation is 1. The maximum absolute atomic E-state index is 12.4. The summed E-state index contributed by atoms with van der Waals surface area (Å²) < 4.78 is 10.7. The van der Waals surface area contributed by atoms with Crippen LogP contribution < -0.4 is 10.1 Å². The van der Waals surface area contributed by atoms with Crippen molar-refractivity contribution in [1.29, 1.82) is 0 Å². The molecule has 9 heteroatoms. The van der Waals surface area contributed by atoms with E-state index in [1.165, 1.54) is 6.92 Å². The molecular weight excluding hydrogens is 440 g/mol. The van der Waals surface area contributed by atoms with Gasteiger partial charge in [0.2, 0.25) is 0 Å². The fraction of sp³-hybridized carbons (Fsp3) is 0.182. The number of ketones is 1. The number of aromatic nitrogens is 1. The number of hydrogen-bond donors (Lipinski definition) is 1. The van der Waals surface area contributed by atoms with Crippen LogP contribution in [0, 0.1) is 6.92 Å². The summed E-state index contributed by atoms with van der Waals surface area (Å²) in [7, 11) is 0. The molecule has 0 atom stereocenters. The van der Waals surface area contributed by atoms with Crippen molar-refractivity contribution in [3.63, 3.8) is 0 Å². The standard InChI is InChI=1S/C22H19ClN2O5S/c1-13-21(31-20(24-13)12-29-18-8-6-16(23)7-9-18)22(28)30-11-19(27)25-17-5-3-4-15(10-17)14(2)26/h3-10H,11-12H2,1-2H3,(H,25,27). The molecule has 1 heterocycles. The molecule has 0 spiro atoms. The van der Waals surface area contributed by atoms with E-state index in [1.807, 2.05) is 0 Å². The number of carbonyl (C=O) groups excluding carboxylic acids is 3. The SMILES string of the molecule is CC(=O)c1cccc(NC(=O)COC(=O)c2sc(COc3ccc(Cl)cc3)nc2C)c1. The molecule has 0 radical (unpaired) electrons. The first-order valence-corrected chi connectivity index (χ1v) is 10.4. The summed E-state index contributed by atoms with van der Waals surface area (Å²) in [6.45, 7) is 2.85. The maximum Gasteiger partial charge on any atom is 0.350 e. The second-order valence-corrected chi connectivity index (χ2v) is 8.05. The van der Waals surface area contributed by atoms with E-state index >= 15 is 0 Å². The minimum Gasteiger partial charge on any atom is -0.486 e. The number of ether oxygens (including phenoxy) is 2. The van der Waals surface area contributed by atoms with Gasteiger partial charge in [0.15, 0.2) is 12.4 Å². The second kappa shape index (κ2) is 10.2. The third-order valence-electron chi connectivity index (χ3n) is 4.09. The van der Waals surface area contributed by atoms with Crippen molar-refractivity contribution in [2.75, 3.05) is 11.9 Å². The zero-order chi connectivity index (χ0) is 22.4. The molecule has 0 aliphatic carbocycles. The van der Waals surface area contributed by atoms with Gasteiger partial charge in [-0.3, -0.25) is 9.59 Å². The maximum atomic E-state index is 12.4. The lowest BCUT2D eigenvalue weighted by Crippen LogP contribution is -2.21. The Morgan fingerprint density at radius 1 is 1.13 bits per heavy atom. The number of amides is 1. The molecule has 3 rings (SSSR count). The average molecular weight is 459 g/mol. The average Bonchev–Trinajstić information content (AvgIpc) is 3.12. The van der Waals surface area contributed by atoms with Gasteiger partial charge in [-0.1, -0.05) is 23.7 Å². The van der Waals surface area contributed by atoms with Crippen molar-refractivity contribution in [3.8, 4) is 5.75 Å². The molecule has 0 aliphatic heterocycles. The Balaban J connectivity index is 1.53. The van der Waals surface area contributed by atoms with Crippen LogP contribution in [0.15, 0.2) is 48.5 Å². The number of thiazole rings is 1. The highest BCUT2D eigenvalue weighted by molar-refractivity contribution is 7.13. The summed E-state index contributed by atoms with van der Waals surface area (Å²) >= 11 is 6.99. The number of anilines is 1. The summed E-state index contributed by atoms with van der Waals surface area (Å²) in [5.74, 6) is -0.631. The topological polar surface area (TPSA) is 94.6 Å². The fourth-order valence-corrected chi connectivity index (χ4v) is 3.59. The van der Waals surface area contributed by atoms with Gasteiger partial charge in [0.05, 0.1) is 5.69 Å². The lowest BCUT2D eigenvalue weighted by molar-refractivity contribution is -0.119. The summed E-state index contributed by atoms with van der Waals surface area (Å²) in [5.41, 5.74) is 1.42. The summed E-state index contributed by atoms with van der Waals surface area (Å²) in [6.07, 6.45) is 0. The Kier molecular flexibility index (Phi) is 7.38. The number of esters is 1. The molecule has 1 amide bonds. The first-order valence-electron chi connectivity index (χ1n) is 9.24. The normalized spacial score (nSPS) is 10.4. The Bertz CT molecular complexity index is 1110. The summed E-state index contributed by atoms with van der Waals surface area (Å²) in [5, 5.41) is 3.81. The van der Waals surface area contributed by atoms with Crippen LogP contribution in [0.25, 0.3) is 0 Å². The minimum atomic E-state index is -0.639. The highest BCUT2D eigenvalue weighted by atomic mass is 35.5.